The molecule has 6 aromatic rings. The summed E-state index contributed by atoms with van der Waals surface area (Å²) < 4.78 is 0. The van der Waals surface area contributed by atoms with Gasteiger partial charge in [-0.1, -0.05) is 135 Å². The van der Waals surface area contributed by atoms with Gasteiger partial charge in [-0.2, -0.15) is 0 Å². The summed E-state index contributed by atoms with van der Waals surface area (Å²) >= 11 is 0. The van der Waals surface area contributed by atoms with Crippen LogP contribution in [0, 0.1) is 0 Å². The molecule has 0 bridgehead atoms. The lowest BCUT2D eigenvalue weighted by molar-refractivity contribution is 0.660. The molecule has 0 radical (unpaired) electrons. The molecular weight excluding hydrogens is 482 g/mol. The molecule has 0 aromatic heterocycles. The van der Waals surface area contributed by atoms with E-state index < -0.39 is 0 Å². The minimum atomic E-state index is -0.0658. The third-order valence-corrected chi connectivity index (χ3v) is 8.29. The zero-order valence-corrected chi connectivity index (χ0v) is 22.9. The largest absolute Gasteiger partial charge is 0.310 e. The predicted octanol–water partition coefficient (Wildman–Crippen LogP) is 10.8. The highest BCUT2D eigenvalue weighted by atomic mass is 15.1. The molecule has 1 heteroatoms. The first-order chi connectivity index (χ1) is 19.6. The molecule has 6 aromatic carbocycles. The summed E-state index contributed by atoms with van der Waals surface area (Å²) in [6, 6.07) is 54.8. The van der Waals surface area contributed by atoms with E-state index in [2.05, 4.69) is 170 Å². The van der Waals surface area contributed by atoms with Gasteiger partial charge in [-0.15, -0.1) is 0 Å². The second kappa shape index (κ2) is 9.70. The van der Waals surface area contributed by atoms with E-state index in [1.165, 1.54) is 44.5 Å². The number of hydrogen-bond acceptors (Lipinski definition) is 1. The van der Waals surface area contributed by atoms with Crippen LogP contribution in [0.15, 0.2) is 152 Å². The Balaban J connectivity index is 1.41. The molecule has 0 N–H and O–H groups in total. The zero-order chi connectivity index (χ0) is 27.1. The van der Waals surface area contributed by atoms with Crippen LogP contribution >= 0.6 is 0 Å². The van der Waals surface area contributed by atoms with Crippen molar-refractivity contribution in [1.29, 1.82) is 0 Å². The smallest absolute Gasteiger partial charge is 0.0540 e. The maximum absolute atomic E-state index is 2.41. The number of nitrogens with zero attached hydrogens (tertiary/aromatic N) is 1. The first-order valence-electron chi connectivity index (χ1n) is 14.0. The molecule has 0 amide bonds. The first-order valence-corrected chi connectivity index (χ1v) is 14.0. The van der Waals surface area contributed by atoms with Crippen molar-refractivity contribution in [2.24, 2.45) is 0 Å². The molecule has 0 saturated carbocycles. The van der Waals surface area contributed by atoms with Gasteiger partial charge < -0.3 is 4.90 Å². The summed E-state index contributed by atoms with van der Waals surface area (Å²) in [7, 11) is 0. The van der Waals surface area contributed by atoms with E-state index in [1.54, 1.807) is 0 Å². The van der Waals surface area contributed by atoms with Crippen molar-refractivity contribution in [2.75, 3.05) is 4.90 Å². The molecule has 0 aliphatic heterocycles. The number of hydrogen-bond donors (Lipinski definition) is 0. The van der Waals surface area contributed by atoms with Crippen LogP contribution in [0.25, 0.3) is 33.4 Å². The van der Waals surface area contributed by atoms with E-state index in [0.29, 0.717) is 0 Å². The fourth-order valence-electron chi connectivity index (χ4n) is 6.22. The molecule has 0 heterocycles. The lowest BCUT2D eigenvalue weighted by Crippen LogP contribution is -2.16. The molecule has 40 heavy (non-hydrogen) atoms. The van der Waals surface area contributed by atoms with E-state index in [0.717, 1.165) is 17.1 Å². The van der Waals surface area contributed by atoms with Gasteiger partial charge in [0.2, 0.25) is 0 Å². The molecule has 1 aliphatic carbocycles. The number of fused-ring (bicyclic) bond motifs is 3. The first kappa shape index (κ1) is 24.2. The van der Waals surface area contributed by atoms with E-state index in [4.69, 9.17) is 0 Å². The quantitative estimate of drug-likeness (QED) is 0.222. The molecule has 0 unspecified atom stereocenters. The van der Waals surface area contributed by atoms with E-state index >= 15 is 0 Å². The summed E-state index contributed by atoms with van der Waals surface area (Å²) in [6.07, 6.45) is 0. The molecule has 0 fully saturated rings. The minimum absolute atomic E-state index is 0.0658. The van der Waals surface area contributed by atoms with Crippen LogP contribution < -0.4 is 4.90 Å². The second-order valence-electron chi connectivity index (χ2n) is 11.0. The lowest BCUT2D eigenvalue weighted by atomic mass is 9.82. The SMILES string of the molecule is CC1(C)c2ccccc2-c2ccc(N(c3ccc(-c4ccccc4)cc3)c3ccccc3-c3ccccc3)cc21. The van der Waals surface area contributed by atoms with Crippen LogP contribution in [0.5, 0.6) is 0 Å². The summed E-state index contributed by atoms with van der Waals surface area (Å²) in [6.45, 7) is 4.69. The van der Waals surface area contributed by atoms with Gasteiger partial charge in [-0.3, -0.25) is 0 Å². The Morgan fingerprint density at radius 3 is 1.65 bits per heavy atom. The second-order valence-corrected chi connectivity index (χ2v) is 11.0. The average molecular weight is 514 g/mol. The Morgan fingerprint density at radius 1 is 0.400 bits per heavy atom. The van der Waals surface area contributed by atoms with Crippen molar-refractivity contribution in [1.82, 2.24) is 0 Å². The number of benzene rings is 6. The average Bonchev–Trinajstić information content (AvgIpc) is 3.25. The Morgan fingerprint density at radius 2 is 0.925 bits per heavy atom. The molecular formula is C39H31N. The molecule has 1 aliphatic rings. The number of anilines is 3. The van der Waals surface area contributed by atoms with Crippen molar-refractivity contribution in [3.8, 4) is 33.4 Å². The monoisotopic (exact) mass is 513 g/mol. The van der Waals surface area contributed by atoms with Crippen LogP contribution in [-0.2, 0) is 5.41 Å². The van der Waals surface area contributed by atoms with Crippen molar-refractivity contribution in [3.05, 3.63) is 163 Å². The van der Waals surface area contributed by atoms with Gasteiger partial charge in [0.15, 0.2) is 0 Å². The van der Waals surface area contributed by atoms with Crippen LogP contribution in [0.2, 0.25) is 0 Å². The van der Waals surface area contributed by atoms with Crippen molar-refractivity contribution in [2.45, 2.75) is 19.3 Å². The third kappa shape index (κ3) is 4.03. The lowest BCUT2D eigenvalue weighted by Gasteiger charge is -2.30. The molecule has 0 atom stereocenters. The topological polar surface area (TPSA) is 3.24 Å². The Bertz CT molecular complexity index is 1800. The fraction of sp³-hybridized carbons (Fsp3) is 0.0769. The van der Waals surface area contributed by atoms with Crippen LogP contribution in [-0.4, -0.2) is 0 Å². The van der Waals surface area contributed by atoms with Gasteiger partial charge in [0, 0.05) is 22.4 Å². The highest BCUT2D eigenvalue weighted by Gasteiger charge is 2.35. The Labute approximate surface area is 237 Å². The highest BCUT2D eigenvalue weighted by molar-refractivity contribution is 5.90. The maximum atomic E-state index is 2.41. The fourth-order valence-corrected chi connectivity index (χ4v) is 6.22. The third-order valence-electron chi connectivity index (χ3n) is 8.29. The Kier molecular flexibility index (Phi) is 5.86. The molecule has 1 nitrogen and oxygen atoms in total. The summed E-state index contributed by atoms with van der Waals surface area (Å²) in [5.74, 6) is 0. The van der Waals surface area contributed by atoms with Gasteiger partial charge in [0.05, 0.1) is 5.69 Å². The van der Waals surface area contributed by atoms with Crippen LogP contribution in [0.1, 0.15) is 25.0 Å². The van der Waals surface area contributed by atoms with Crippen molar-refractivity contribution < 1.29 is 0 Å². The summed E-state index contributed by atoms with van der Waals surface area (Å²) in [5, 5.41) is 0. The van der Waals surface area contributed by atoms with Gasteiger partial charge >= 0.3 is 0 Å². The van der Waals surface area contributed by atoms with Crippen LogP contribution in [0.4, 0.5) is 17.1 Å². The minimum Gasteiger partial charge on any atom is -0.310 e. The van der Waals surface area contributed by atoms with E-state index in [-0.39, 0.29) is 5.41 Å². The number of rotatable bonds is 5. The van der Waals surface area contributed by atoms with Gasteiger partial charge in [0.1, 0.15) is 0 Å². The predicted molar refractivity (Wildman–Crippen MR) is 170 cm³/mol. The summed E-state index contributed by atoms with van der Waals surface area (Å²) in [4.78, 5) is 2.41. The molecule has 0 saturated heterocycles. The molecule has 0 spiro atoms. The Hall–Kier alpha value is -4.88. The molecule has 192 valence electrons. The van der Waals surface area contributed by atoms with Gasteiger partial charge in [-0.05, 0) is 69.3 Å². The van der Waals surface area contributed by atoms with Gasteiger partial charge in [0.25, 0.3) is 0 Å². The normalized spacial score (nSPS) is 12.9. The summed E-state index contributed by atoms with van der Waals surface area (Å²) in [5.41, 5.74) is 13.7. The standard InChI is InChI=1S/C39H31N/c1-39(2)36-19-11-9-18-34(36)35-26-25-32(27-37(35)39)40(31-23-21-29(22-24-31)28-13-5-3-6-14-28)38-20-12-10-17-33(38)30-15-7-4-8-16-30/h3-27H,1-2H3. The maximum Gasteiger partial charge on any atom is 0.0540 e. The zero-order valence-electron chi connectivity index (χ0n) is 22.9. The highest BCUT2D eigenvalue weighted by Crippen LogP contribution is 2.51. The molecule has 7 rings (SSSR count). The van der Waals surface area contributed by atoms with E-state index in [9.17, 15) is 0 Å². The van der Waals surface area contributed by atoms with Gasteiger partial charge in [-0.25, -0.2) is 0 Å². The van der Waals surface area contributed by atoms with Crippen molar-refractivity contribution in [3.63, 3.8) is 0 Å². The van der Waals surface area contributed by atoms with E-state index in [1.807, 2.05) is 0 Å². The van der Waals surface area contributed by atoms with Crippen molar-refractivity contribution >= 4 is 17.1 Å². The van der Waals surface area contributed by atoms with Crippen LogP contribution in [0.3, 0.4) is 0 Å². The number of para-hydroxylation sites is 1.